The summed E-state index contributed by atoms with van der Waals surface area (Å²) in [5, 5.41) is 3.36. The summed E-state index contributed by atoms with van der Waals surface area (Å²) in [5.41, 5.74) is 2.10. The average Bonchev–Trinajstić information content (AvgIpc) is 2.56. The summed E-state index contributed by atoms with van der Waals surface area (Å²) in [4.78, 5) is 17.6. The van der Waals surface area contributed by atoms with Crippen LogP contribution in [-0.2, 0) is 4.79 Å². The summed E-state index contributed by atoms with van der Waals surface area (Å²) in [7, 11) is 0. The van der Waals surface area contributed by atoms with Gasteiger partial charge in [0.25, 0.3) is 0 Å². The van der Waals surface area contributed by atoms with Crippen molar-refractivity contribution in [1.29, 1.82) is 0 Å². The molecule has 2 aromatic rings. The molecule has 1 aliphatic rings. The van der Waals surface area contributed by atoms with Crippen LogP contribution in [0, 0.1) is 0 Å². The third-order valence-electron chi connectivity index (χ3n) is 3.91. The Balaban J connectivity index is 1.90. The average molecular weight is 281 g/mol. The van der Waals surface area contributed by atoms with Crippen molar-refractivity contribution in [3.63, 3.8) is 0 Å². The largest absolute Gasteiger partial charge is 0.340 e. The highest BCUT2D eigenvalue weighted by atomic mass is 16.1. The van der Waals surface area contributed by atoms with Gasteiger partial charge in [0.1, 0.15) is 5.82 Å². The van der Waals surface area contributed by atoms with Crippen LogP contribution in [0.15, 0.2) is 48.7 Å². The van der Waals surface area contributed by atoms with E-state index in [0.29, 0.717) is 0 Å². The normalized spacial score (nSPS) is 18.3. The van der Waals surface area contributed by atoms with Crippen LogP contribution in [-0.4, -0.2) is 22.8 Å². The minimum atomic E-state index is 0.121. The van der Waals surface area contributed by atoms with Crippen molar-refractivity contribution in [1.82, 2.24) is 9.88 Å². The van der Waals surface area contributed by atoms with Crippen molar-refractivity contribution in [2.75, 3.05) is 11.9 Å². The zero-order chi connectivity index (χ0) is 14.5. The summed E-state index contributed by atoms with van der Waals surface area (Å²) in [6, 6.07) is 14.1. The van der Waals surface area contributed by atoms with Gasteiger partial charge in [0.15, 0.2) is 0 Å². The number of carbonyl (C=O) groups excluding carboxylic acids is 1. The molecule has 0 spiro atoms. The Labute approximate surface area is 124 Å². The summed E-state index contributed by atoms with van der Waals surface area (Å²) in [6.07, 6.45) is 5.96. The minimum Gasteiger partial charge on any atom is -0.340 e. The fourth-order valence-electron chi connectivity index (χ4n) is 2.86. The van der Waals surface area contributed by atoms with Gasteiger partial charge < -0.3 is 10.2 Å². The van der Waals surface area contributed by atoms with Gasteiger partial charge >= 0.3 is 0 Å². The SMILES string of the molecule is O=CN1CCCC[C@@H]1c1cccnc1Nc1ccccc1. The number of hydrogen-bond donors (Lipinski definition) is 1. The van der Waals surface area contributed by atoms with Crippen LogP contribution in [0.1, 0.15) is 30.9 Å². The molecule has 1 aromatic heterocycles. The quantitative estimate of drug-likeness (QED) is 0.872. The van der Waals surface area contributed by atoms with Crippen molar-refractivity contribution in [3.05, 3.63) is 54.2 Å². The second-order valence-electron chi connectivity index (χ2n) is 5.29. The van der Waals surface area contributed by atoms with E-state index in [4.69, 9.17) is 0 Å². The van der Waals surface area contributed by atoms with Crippen LogP contribution in [0.4, 0.5) is 11.5 Å². The molecule has 1 amide bonds. The van der Waals surface area contributed by atoms with E-state index in [9.17, 15) is 4.79 Å². The highest BCUT2D eigenvalue weighted by Gasteiger charge is 2.25. The molecule has 1 atom stereocenters. The Morgan fingerprint density at radius 2 is 2.00 bits per heavy atom. The number of nitrogens with zero attached hydrogens (tertiary/aromatic N) is 2. The maximum Gasteiger partial charge on any atom is 0.210 e. The van der Waals surface area contributed by atoms with Crippen molar-refractivity contribution in [2.24, 2.45) is 0 Å². The number of para-hydroxylation sites is 1. The number of anilines is 2. The Kier molecular flexibility index (Phi) is 4.15. The van der Waals surface area contributed by atoms with Gasteiger partial charge in [-0.3, -0.25) is 4.79 Å². The summed E-state index contributed by atoms with van der Waals surface area (Å²) >= 11 is 0. The molecular formula is C17H19N3O. The lowest BCUT2D eigenvalue weighted by molar-refractivity contribution is -0.121. The first-order valence-corrected chi connectivity index (χ1v) is 7.36. The first-order valence-electron chi connectivity index (χ1n) is 7.36. The third kappa shape index (κ3) is 3.05. The number of pyridine rings is 1. The lowest BCUT2D eigenvalue weighted by atomic mass is 9.96. The van der Waals surface area contributed by atoms with E-state index in [2.05, 4.69) is 16.4 Å². The fraction of sp³-hybridized carbons (Fsp3) is 0.294. The van der Waals surface area contributed by atoms with E-state index in [-0.39, 0.29) is 6.04 Å². The molecule has 1 saturated heterocycles. The fourth-order valence-corrected chi connectivity index (χ4v) is 2.86. The maximum atomic E-state index is 11.3. The van der Waals surface area contributed by atoms with E-state index in [1.165, 1.54) is 0 Å². The van der Waals surface area contributed by atoms with Crippen molar-refractivity contribution in [3.8, 4) is 0 Å². The topological polar surface area (TPSA) is 45.2 Å². The molecule has 0 radical (unpaired) electrons. The molecule has 4 heteroatoms. The predicted molar refractivity (Wildman–Crippen MR) is 83.3 cm³/mol. The van der Waals surface area contributed by atoms with Gasteiger partial charge in [-0.2, -0.15) is 0 Å². The molecule has 1 N–H and O–H groups in total. The number of piperidine rings is 1. The second kappa shape index (κ2) is 6.39. The van der Waals surface area contributed by atoms with Crippen molar-refractivity contribution in [2.45, 2.75) is 25.3 Å². The number of carbonyl (C=O) groups is 1. The molecule has 108 valence electrons. The zero-order valence-corrected chi connectivity index (χ0v) is 11.9. The van der Waals surface area contributed by atoms with Crippen LogP contribution in [0.3, 0.4) is 0 Å². The number of nitrogens with one attached hydrogen (secondary N) is 1. The third-order valence-corrected chi connectivity index (χ3v) is 3.91. The molecule has 0 bridgehead atoms. The summed E-state index contributed by atoms with van der Waals surface area (Å²) in [6.45, 7) is 0.827. The van der Waals surface area contributed by atoms with E-state index >= 15 is 0 Å². The van der Waals surface area contributed by atoms with E-state index < -0.39 is 0 Å². The Morgan fingerprint density at radius 3 is 2.81 bits per heavy atom. The number of aromatic nitrogens is 1. The second-order valence-corrected chi connectivity index (χ2v) is 5.29. The Morgan fingerprint density at radius 1 is 1.14 bits per heavy atom. The smallest absolute Gasteiger partial charge is 0.210 e. The van der Waals surface area contributed by atoms with Crippen LogP contribution in [0.25, 0.3) is 0 Å². The molecule has 2 heterocycles. The summed E-state index contributed by atoms with van der Waals surface area (Å²) < 4.78 is 0. The number of benzene rings is 1. The van der Waals surface area contributed by atoms with Gasteiger partial charge in [-0.05, 0) is 37.5 Å². The highest BCUT2D eigenvalue weighted by Crippen LogP contribution is 2.34. The van der Waals surface area contributed by atoms with Gasteiger partial charge in [0, 0.05) is 24.0 Å². The Bertz CT molecular complexity index is 600. The molecule has 1 aliphatic heterocycles. The molecule has 0 unspecified atom stereocenters. The molecule has 1 fully saturated rings. The van der Waals surface area contributed by atoms with Gasteiger partial charge in [-0.1, -0.05) is 24.3 Å². The van der Waals surface area contributed by atoms with E-state index in [1.807, 2.05) is 41.3 Å². The first-order chi connectivity index (χ1) is 10.4. The molecule has 0 aliphatic carbocycles. The first kappa shape index (κ1) is 13.6. The maximum absolute atomic E-state index is 11.3. The minimum absolute atomic E-state index is 0.121. The number of amides is 1. The van der Waals surface area contributed by atoms with Crippen LogP contribution in [0.5, 0.6) is 0 Å². The number of likely N-dealkylation sites (tertiary alicyclic amines) is 1. The van der Waals surface area contributed by atoms with E-state index in [0.717, 1.165) is 49.3 Å². The summed E-state index contributed by atoms with van der Waals surface area (Å²) in [5.74, 6) is 0.836. The lowest BCUT2D eigenvalue weighted by Crippen LogP contribution is -2.32. The predicted octanol–water partition coefficient (Wildman–Crippen LogP) is 3.51. The lowest BCUT2D eigenvalue weighted by Gasteiger charge is -2.33. The van der Waals surface area contributed by atoms with Gasteiger partial charge in [-0.15, -0.1) is 0 Å². The van der Waals surface area contributed by atoms with Crippen molar-refractivity contribution < 1.29 is 4.79 Å². The Hall–Kier alpha value is -2.36. The van der Waals surface area contributed by atoms with Gasteiger partial charge in [0.2, 0.25) is 6.41 Å². The monoisotopic (exact) mass is 281 g/mol. The molecule has 3 rings (SSSR count). The molecular weight excluding hydrogens is 262 g/mol. The van der Waals surface area contributed by atoms with Gasteiger partial charge in [-0.25, -0.2) is 4.98 Å². The molecule has 1 aromatic carbocycles. The highest BCUT2D eigenvalue weighted by molar-refractivity contribution is 5.61. The zero-order valence-electron chi connectivity index (χ0n) is 11.9. The van der Waals surface area contributed by atoms with E-state index in [1.54, 1.807) is 6.20 Å². The standard InChI is InChI=1S/C17H19N3O/c21-13-20-12-5-4-10-16(20)15-9-6-11-18-17(15)19-14-7-2-1-3-8-14/h1-3,6-9,11,13,16H,4-5,10,12H2,(H,18,19)/t16-/m1/s1. The molecule has 0 saturated carbocycles. The number of hydrogen-bond acceptors (Lipinski definition) is 3. The molecule has 4 nitrogen and oxygen atoms in total. The number of rotatable bonds is 4. The van der Waals surface area contributed by atoms with Crippen LogP contribution < -0.4 is 5.32 Å². The van der Waals surface area contributed by atoms with Gasteiger partial charge in [0.05, 0.1) is 6.04 Å². The van der Waals surface area contributed by atoms with Crippen LogP contribution in [0.2, 0.25) is 0 Å². The van der Waals surface area contributed by atoms with Crippen LogP contribution >= 0.6 is 0 Å². The van der Waals surface area contributed by atoms with Crippen molar-refractivity contribution >= 4 is 17.9 Å². The molecule has 21 heavy (non-hydrogen) atoms.